The van der Waals surface area contributed by atoms with E-state index < -0.39 is 119 Å². The average molecular weight is 1480 g/mol. The Hall–Kier alpha value is -5.18. The molecule has 12 saturated carbocycles. The first-order chi connectivity index (χ1) is 44.4. The van der Waals surface area contributed by atoms with Crippen LogP contribution in [0.3, 0.4) is 0 Å². The maximum atomic E-state index is 14.5. The SMILES string of the molecule is C.COC(=O)C(F)(F)F.COOC(F)(F)C(C12CC3CC(CC(CO)(C3)C1)C2)S(=O)(=O)F.O/N=C(/c1ccccc1)C(F)(F)F.O=C(OCC12CC3CC(CC(CO)(C3)C1)C2)C(F)(F)S(=O)(=O)O/N=C(/c1ccccc1)C(F)(F)F.O=S=O.OCC12CC3CC(C1)CC(CO)(C3)C2. The Morgan fingerprint density at radius 1 is 0.546 bits per heavy atom. The molecule has 0 aromatic heterocycles. The van der Waals surface area contributed by atoms with E-state index in [1.54, 1.807) is 6.07 Å². The second kappa shape index (κ2) is 31.4. The zero-order chi connectivity index (χ0) is 72.0. The van der Waals surface area contributed by atoms with Gasteiger partial charge in [-0.2, -0.15) is 87.2 Å². The lowest BCUT2D eigenvalue weighted by Crippen LogP contribution is -2.62. The second-order valence-electron chi connectivity index (χ2n) is 27.3. The summed E-state index contributed by atoms with van der Waals surface area (Å²) in [6.07, 6.45) is -4.78. The maximum Gasteiger partial charge on any atom is 0.490 e. The van der Waals surface area contributed by atoms with Gasteiger partial charge in [0.2, 0.25) is 0 Å². The molecule has 5 unspecified atom stereocenters. The summed E-state index contributed by atoms with van der Waals surface area (Å²) in [5, 5.41) is 43.7. The number of oxime groups is 2. The summed E-state index contributed by atoms with van der Waals surface area (Å²) >= 11 is -0.750. The Morgan fingerprint density at radius 2 is 0.887 bits per heavy atom. The predicted octanol–water partition coefficient (Wildman–Crippen LogP) is 11.1. The lowest BCUT2D eigenvalue weighted by atomic mass is 9.43. The number of carbonyl (C=O) groups is 2. The number of benzene rings is 2. The van der Waals surface area contributed by atoms with Gasteiger partial charge in [-0.1, -0.05) is 78.4 Å². The fourth-order valence-electron chi connectivity index (χ4n) is 18.4. The van der Waals surface area contributed by atoms with Crippen LogP contribution in [0.2, 0.25) is 0 Å². The largest absolute Gasteiger partial charge is 0.490 e. The molecule has 0 radical (unpaired) electrons. The van der Waals surface area contributed by atoms with Gasteiger partial charge in [-0.25, -0.2) is 14.5 Å². The Kier molecular flexibility index (Phi) is 26.7. The number of halogens is 14. The van der Waals surface area contributed by atoms with Crippen LogP contribution in [-0.4, -0.2) is 157 Å². The van der Waals surface area contributed by atoms with Crippen LogP contribution in [-0.2, 0) is 65.0 Å². The highest BCUT2D eigenvalue weighted by molar-refractivity contribution is 7.88. The topological polar surface area (TPSA) is 309 Å². The highest BCUT2D eigenvalue weighted by Crippen LogP contribution is 2.69. The van der Waals surface area contributed by atoms with Crippen molar-refractivity contribution in [2.75, 3.05) is 47.3 Å². The van der Waals surface area contributed by atoms with Gasteiger partial charge in [-0.05, 0) is 178 Å². The van der Waals surface area contributed by atoms with Crippen molar-refractivity contribution in [3.05, 3.63) is 71.8 Å². The van der Waals surface area contributed by atoms with E-state index in [0.29, 0.717) is 52.4 Å². The molecule has 5 N–H and O–H groups in total. The van der Waals surface area contributed by atoms with Crippen molar-refractivity contribution < 1.29 is 145 Å². The molecule has 0 heterocycles. The van der Waals surface area contributed by atoms with E-state index >= 15 is 0 Å². The first-order valence-corrected chi connectivity index (χ1v) is 33.5. The average Bonchev–Trinajstić information content (AvgIpc) is 0.711. The van der Waals surface area contributed by atoms with Crippen LogP contribution < -0.4 is 0 Å². The number of carbonyl (C=O) groups excluding carboxylic acids is 2. The summed E-state index contributed by atoms with van der Waals surface area (Å²) in [6, 6.07) is 12.5. The molecule has 2 aromatic rings. The monoisotopic (exact) mass is 1480 g/mol. The van der Waals surface area contributed by atoms with Gasteiger partial charge in [-0.3, -0.25) is 4.28 Å². The highest BCUT2D eigenvalue weighted by Gasteiger charge is 2.70. The number of ether oxygens (including phenoxy) is 2. The van der Waals surface area contributed by atoms with E-state index in [1.165, 1.54) is 74.6 Å². The molecule has 12 fully saturated rings. The molecule has 12 aliphatic rings. The Balaban J connectivity index is 0.000000235. The minimum Gasteiger partial charge on any atom is -0.462 e. The predicted molar refractivity (Wildman–Crippen MR) is 313 cm³/mol. The number of alkyl halides is 13. The van der Waals surface area contributed by atoms with Crippen molar-refractivity contribution in [1.82, 2.24) is 0 Å². The molecule has 2 aromatic carbocycles. The molecule has 14 rings (SSSR count). The lowest BCUT2D eigenvalue weighted by molar-refractivity contribution is -0.434. The van der Waals surface area contributed by atoms with Gasteiger partial charge in [0.15, 0.2) is 16.7 Å². The van der Waals surface area contributed by atoms with Gasteiger partial charge in [0.25, 0.3) is 0 Å². The van der Waals surface area contributed by atoms with Crippen molar-refractivity contribution >= 4 is 55.3 Å². The standard InChI is InChI=1S/C22H24F5NO6S.C14H21F3O5S.C12H20O2.C8H6F3NO.C3H3F3O2.CH4.O2S/c23-21(24,25)17(16-4-2-1-3-5-16)28-34-35(31,32)22(26,27)18(30)33-13-20-9-14-6-15(10-20)8-19(7-14,11-20)12-29;1-21-22-14(15,16)11(23(17,19)20)13-5-9-2-10(6-13)4-12(3-9,7-13)8-18;13-7-11-2-9-1-10(4-11)5-12(3-9,6-11)8-14;9-8(10,11)7(12-13)6-4-2-1-3-5-6;1-8-2(7)3(4,5)6;;1-3-2/h1-5,14-15,29H,6-13H2;9-11,18H,2-8H2,1H3;9-10,13-14H,1-8H2;1-5,13H;1H3;1H4;/b28-17-;;;12-7-;;;. The Morgan fingerprint density at radius 3 is 1.20 bits per heavy atom. The van der Waals surface area contributed by atoms with E-state index in [4.69, 9.17) is 18.4 Å². The van der Waals surface area contributed by atoms with Gasteiger partial charge in [0.1, 0.15) is 0 Å². The van der Waals surface area contributed by atoms with Crippen LogP contribution in [0.4, 0.5) is 61.0 Å². The van der Waals surface area contributed by atoms with E-state index in [2.05, 4.69) is 29.1 Å². The molecule has 12 aliphatic carbocycles. The first-order valence-electron chi connectivity index (χ1n) is 30.0. The first kappa shape index (κ1) is 82.5. The molecular formula is C60H78F14N2O18S3. The molecule has 0 amide bonds. The molecular weight excluding hydrogens is 1400 g/mol. The summed E-state index contributed by atoms with van der Waals surface area (Å²) in [5.74, 6) is -2.44. The smallest absolute Gasteiger partial charge is 0.462 e. The van der Waals surface area contributed by atoms with Crippen LogP contribution in [0.25, 0.3) is 0 Å². The molecule has 0 spiro atoms. The summed E-state index contributed by atoms with van der Waals surface area (Å²) in [7, 11) is -10.3. The summed E-state index contributed by atoms with van der Waals surface area (Å²) in [5.41, 5.74) is -6.56. The number of methoxy groups -OCH3 is 1. The van der Waals surface area contributed by atoms with Gasteiger partial charge < -0.3 is 35.1 Å². The zero-order valence-electron chi connectivity index (χ0n) is 51.5. The lowest BCUT2D eigenvalue weighted by Gasteiger charge is -2.63. The van der Waals surface area contributed by atoms with E-state index in [9.17, 15) is 108 Å². The van der Waals surface area contributed by atoms with Crippen LogP contribution >= 0.6 is 0 Å². The van der Waals surface area contributed by atoms with Crippen molar-refractivity contribution in [1.29, 1.82) is 0 Å². The van der Waals surface area contributed by atoms with Gasteiger partial charge in [-0.15, -0.1) is 3.89 Å². The van der Waals surface area contributed by atoms with E-state index in [0.717, 1.165) is 63.2 Å². The molecule has 5 atom stereocenters. The van der Waals surface area contributed by atoms with Gasteiger partial charge >= 0.3 is 73.7 Å². The third-order valence-electron chi connectivity index (χ3n) is 19.9. The molecule has 0 aliphatic heterocycles. The summed E-state index contributed by atoms with van der Waals surface area (Å²) in [6.45, 7) is -0.0528. The number of hydrogen-bond donors (Lipinski definition) is 5. The zero-order valence-corrected chi connectivity index (χ0v) is 54.0. The Labute approximate surface area is 553 Å². The summed E-state index contributed by atoms with van der Waals surface area (Å²) < 4.78 is 256. The quantitative estimate of drug-likeness (QED) is 0.0187. The molecule has 552 valence electrons. The highest BCUT2D eigenvalue weighted by atomic mass is 32.3. The molecule has 20 nitrogen and oxygen atoms in total. The third kappa shape index (κ3) is 19.5. The number of aliphatic hydroxyl groups is 4. The molecule has 97 heavy (non-hydrogen) atoms. The fraction of sp³-hybridized carbons (Fsp3) is 0.733. The number of esters is 2. The maximum absolute atomic E-state index is 14.5. The van der Waals surface area contributed by atoms with Crippen LogP contribution in [0, 0.1) is 68.0 Å². The van der Waals surface area contributed by atoms with Crippen molar-refractivity contribution in [2.24, 2.45) is 78.3 Å². The minimum absolute atomic E-state index is 0. The van der Waals surface area contributed by atoms with Crippen molar-refractivity contribution in [2.45, 2.75) is 158 Å². The fourth-order valence-corrected chi connectivity index (χ4v) is 20.2. The number of hydrogen-bond acceptors (Lipinski definition) is 20. The molecule has 12 bridgehead atoms. The van der Waals surface area contributed by atoms with Gasteiger partial charge in [0, 0.05) is 43.0 Å². The van der Waals surface area contributed by atoms with Crippen molar-refractivity contribution in [3.63, 3.8) is 0 Å². The van der Waals surface area contributed by atoms with Crippen LogP contribution in [0.5, 0.6) is 0 Å². The minimum atomic E-state index is -6.25. The van der Waals surface area contributed by atoms with Crippen LogP contribution in [0.1, 0.15) is 134 Å². The van der Waals surface area contributed by atoms with E-state index in [1.807, 2.05) is 0 Å². The second-order valence-corrected chi connectivity index (χ2v) is 30.5. The van der Waals surface area contributed by atoms with Gasteiger partial charge in [0.05, 0.1) is 20.8 Å². The molecule has 0 saturated heterocycles. The molecule has 37 heteroatoms. The normalized spacial score (nSPS) is 31.7. The van der Waals surface area contributed by atoms with E-state index in [-0.39, 0.29) is 85.4 Å². The number of aliphatic hydroxyl groups excluding tert-OH is 4. The van der Waals surface area contributed by atoms with Crippen LogP contribution in [0.15, 0.2) is 71.0 Å². The van der Waals surface area contributed by atoms with Crippen molar-refractivity contribution in [3.8, 4) is 0 Å². The number of nitrogens with zero attached hydrogens (tertiary/aromatic N) is 2. The Bertz CT molecular complexity index is 3260. The third-order valence-corrected chi connectivity index (χ3v) is 22.4. The summed E-state index contributed by atoms with van der Waals surface area (Å²) in [4.78, 5) is 29.4. The number of rotatable bonds is 17.